The van der Waals surface area contributed by atoms with E-state index in [1.165, 1.54) is 12.1 Å². The first kappa shape index (κ1) is 31.1. The molecule has 0 fully saturated rings. The number of nitrogens with one attached hydrogen (secondary N) is 1. The fraction of sp³-hybridized carbons (Fsp3) is 0.630. The topological polar surface area (TPSA) is 128 Å². The fourth-order valence-corrected chi connectivity index (χ4v) is 3.17. The zero-order chi connectivity index (χ0) is 27.3. The van der Waals surface area contributed by atoms with E-state index in [9.17, 15) is 24.3 Å². The standard InChI is InChI=1S/C27H41NO8/c1-7-17(4)12-25(30)35-22-11-10-20(15-23(22)36-26(31)13-18(5)8-2)14-21(27(32)33)28-16-19(6)34-24(29)9-3/h10-11,15,17-19,21,28H,7-9,12-14,16H2,1-6H3,(H,32,33)/t17?,18?,19?,21-/m0/s1. The Hall–Kier alpha value is -2.94. The number of ether oxygens (including phenoxy) is 3. The van der Waals surface area contributed by atoms with Crippen molar-refractivity contribution in [2.75, 3.05) is 6.54 Å². The van der Waals surface area contributed by atoms with Crippen molar-refractivity contribution in [1.29, 1.82) is 0 Å². The minimum Gasteiger partial charge on any atom is -0.480 e. The molecule has 1 rings (SSSR count). The molecule has 0 heterocycles. The summed E-state index contributed by atoms with van der Waals surface area (Å²) in [7, 11) is 0. The van der Waals surface area contributed by atoms with Crippen LogP contribution in [-0.2, 0) is 30.3 Å². The van der Waals surface area contributed by atoms with Gasteiger partial charge in [-0.15, -0.1) is 0 Å². The molecular formula is C27H41NO8. The summed E-state index contributed by atoms with van der Waals surface area (Å²) in [6.45, 7) is 11.4. The van der Waals surface area contributed by atoms with E-state index in [0.717, 1.165) is 12.8 Å². The molecule has 0 aliphatic rings. The average molecular weight is 508 g/mol. The lowest BCUT2D eigenvalue weighted by Gasteiger charge is -2.19. The highest BCUT2D eigenvalue weighted by atomic mass is 16.6. The van der Waals surface area contributed by atoms with Gasteiger partial charge in [-0.25, -0.2) is 0 Å². The van der Waals surface area contributed by atoms with Crippen molar-refractivity contribution >= 4 is 23.9 Å². The lowest BCUT2D eigenvalue weighted by Crippen LogP contribution is -2.42. The van der Waals surface area contributed by atoms with Gasteiger partial charge < -0.3 is 24.6 Å². The number of hydrogen-bond acceptors (Lipinski definition) is 8. The number of hydrogen-bond donors (Lipinski definition) is 2. The van der Waals surface area contributed by atoms with Crippen molar-refractivity contribution in [2.45, 2.75) is 92.2 Å². The number of aliphatic carboxylic acids is 1. The summed E-state index contributed by atoms with van der Waals surface area (Å²) in [5.74, 6) is -1.87. The molecule has 0 aromatic heterocycles. The second-order valence-corrected chi connectivity index (χ2v) is 9.32. The molecule has 4 atom stereocenters. The smallest absolute Gasteiger partial charge is 0.321 e. The summed E-state index contributed by atoms with van der Waals surface area (Å²) in [4.78, 5) is 48.1. The SMILES string of the molecule is CCC(=O)OC(C)CN[C@@H](Cc1ccc(OC(=O)CC(C)CC)c(OC(=O)CC(C)CC)c1)C(=O)O. The maximum atomic E-state index is 12.5. The lowest BCUT2D eigenvalue weighted by molar-refractivity contribution is -0.147. The van der Waals surface area contributed by atoms with Crippen LogP contribution in [0.1, 0.15) is 79.2 Å². The number of benzene rings is 1. The number of carboxylic acids is 1. The summed E-state index contributed by atoms with van der Waals surface area (Å²) >= 11 is 0. The van der Waals surface area contributed by atoms with E-state index in [1.54, 1.807) is 19.9 Å². The largest absolute Gasteiger partial charge is 0.480 e. The number of carbonyl (C=O) groups is 4. The molecule has 0 bridgehead atoms. The van der Waals surface area contributed by atoms with Gasteiger partial charge in [0.05, 0.1) is 0 Å². The van der Waals surface area contributed by atoms with Crippen LogP contribution in [0.5, 0.6) is 11.5 Å². The van der Waals surface area contributed by atoms with Gasteiger partial charge in [-0.05, 0) is 42.9 Å². The van der Waals surface area contributed by atoms with Crippen LogP contribution in [-0.4, -0.2) is 47.7 Å². The van der Waals surface area contributed by atoms with Gasteiger partial charge in [0.1, 0.15) is 12.1 Å². The zero-order valence-corrected chi connectivity index (χ0v) is 22.3. The summed E-state index contributed by atoms with van der Waals surface area (Å²) in [6.07, 6.45) is 1.87. The first-order valence-electron chi connectivity index (χ1n) is 12.7. The molecule has 0 saturated carbocycles. The third-order valence-electron chi connectivity index (χ3n) is 5.89. The Bertz CT molecular complexity index is 885. The third kappa shape index (κ3) is 11.7. The molecule has 9 nitrogen and oxygen atoms in total. The Morgan fingerprint density at radius 2 is 1.42 bits per heavy atom. The van der Waals surface area contributed by atoms with E-state index in [4.69, 9.17) is 14.2 Å². The second-order valence-electron chi connectivity index (χ2n) is 9.32. The first-order chi connectivity index (χ1) is 17.0. The maximum absolute atomic E-state index is 12.5. The van der Waals surface area contributed by atoms with E-state index in [2.05, 4.69) is 5.32 Å². The Morgan fingerprint density at radius 1 is 0.861 bits per heavy atom. The van der Waals surface area contributed by atoms with Gasteiger partial charge in [0.25, 0.3) is 0 Å². The van der Waals surface area contributed by atoms with Gasteiger partial charge in [0, 0.05) is 25.8 Å². The Morgan fingerprint density at radius 3 is 1.92 bits per heavy atom. The van der Waals surface area contributed by atoms with Crippen LogP contribution in [0, 0.1) is 11.8 Å². The number of esters is 3. The van der Waals surface area contributed by atoms with Gasteiger partial charge in [-0.3, -0.25) is 19.2 Å². The summed E-state index contributed by atoms with van der Waals surface area (Å²) < 4.78 is 16.2. The van der Waals surface area contributed by atoms with E-state index in [1.807, 2.05) is 27.7 Å². The first-order valence-corrected chi connectivity index (χ1v) is 12.7. The monoisotopic (exact) mass is 507 g/mol. The van der Waals surface area contributed by atoms with Gasteiger partial charge in [-0.1, -0.05) is 53.5 Å². The maximum Gasteiger partial charge on any atom is 0.321 e. The molecule has 1 aromatic carbocycles. The van der Waals surface area contributed by atoms with Crippen LogP contribution in [0.4, 0.5) is 0 Å². The Balaban J connectivity index is 3.06. The van der Waals surface area contributed by atoms with E-state index in [0.29, 0.717) is 5.56 Å². The summed E-state index contributed by atoms with van der Waals surface area (Å²) in [5.41, 5.74) is 0.571. The van der Waals surface area contributed by atoms with Crippen LogP contribution >= 0.6 is 0 Å². The van der Waals surface area contributed by atoms with E-state index in [-0.39, 0.29) is 61.5 Å². The molecule has 3 unspecified atom stereocenters. The van der Waals surface area contributed by atoms with Gasteiger partial charge in [-0.2, -0.15) is 0 Å². The van der Waals surface area contributed by atoms with Crippen molar-refractivity contribution in [3.8, 4) is 11.5 Å². The molecule has 0 radical (unpaired) electrons. The van der Waals surface area contributed by atoms with Crippen molar-refractivity contribution in [2.24, 2.45) is 11.8 Å². The van der Waals surface area contributed by atoms with Gasteiger partial charge >= 0.3 is 23.9 Å². The lowest BCUT2D eigenvalue weighted by atomic mass is 10.0. The normalized spacial score (nSPS) is 14.3. The molecule has 36 heavy (non-hydrogen) atoms. The van der Waals surface area contributed by atoms with Gasteiger partial charge in [0.15, 0.2) is 11.5 Å². The quantitative estimate of drug-likeness (QED) is 0.249. The molecule has 0 aliphatic carbocycles. The number of carboxylic acid groups (broad SMARTS) is 1. The van der Waals surface area contributed by atoms with Crippen LogP contribution in [0.25, 0.3) is 0 Å². The van der Waals surface area contributed by atoms with Crippen molar-refractivity contribution in [3.63, 3.8) is 0 Å². The number of rotatable bonds is 16. The number of carbonyl (C=O) groups excluding carboxylic acids is 3. The molecule has 2 N–H and O–H groups in total. The van der Waals surface area contributed by atoms with Crippen molar-refractivity contribution in [3.05, 3.63) is 23.8 Å². The Labute approximate surface area is 213 Å². The molecular weight excluding hydrogens is 466 g/mol. The molecule has 0 amide bonds. The summed E-state index contributed by atoms with van der Waals surface area (Å²) in [5, 5.41) is 12.6. The molecule has 1 aromatic rings. The minimum absolute atomic E-state index is 0.0702. The average Bonchev–Trinajstić information content (AvgIpc) is 2.82. The van der Waals surface area contributed by atoms with Crippen LogP contribution in [0.2, 0.25) is 0 Å². The van der Waals surface area contributed by atoms with Crippen LogP contribution < -0.4 is 14.8 Å². The predicted octanol–water partition coefficient (Wildman–Crippen LogP) is 4.30. The highest BCUT2D eigenvalue weighted by molar-refractivity contribution is 5.77. The third-order valence-corrected chi connectivity index (χ3v) is 5.89. The fourth-order valence-electron chi connectivity index (χ4n) is 3.17. The van der Waals surface area contributed by atoms with Crippen molar-refractivity contribution in [1.82, 2.24) is 5.32 Å². The van der Waals surface area contributed by atoms with Crippen LogP contribution in [0.15, 0.2) is 18.2 Å². The minimum atomic E-state index is -1.08. The van der Waals surface area contributed by atoms with E-state index < -0.39 is 30.1 Å². The molecule has 0 spiro atoms. The molecule has 0 saturated heterocycles. The second kappa shape index (κ2) is 15.9. The van der Waals surface area contributed by atoms with Gasteiger partial charge in [0.2, 0.25) is 0 Å². The molecule has 9 heteroatoms. The van der Waals surface area contributed by atoms with E-state index >= 15 is 0 Å². The van der Waals surface area contributed by atoms with Crippen molar-refractivity contribution < 1.29 is 38.5 Å². The highest BCUT2D eigenvalue weighted by Gasteiger charge is 2.22. The Kier molecular flexibility index (Phi) is 13.8. The molecule has 0 aliphatic heterocycles. The zero-order valence-electron chi connectivity index (χ0n) is 22.3. The summed E-state index contributed by atoms with van der Waals surface area (Å²) in [6, 6.07) is 3.70. The van der Waals surface area contributed by atoms with Crippen LogP contribution in [0.3, 0.4) is 0 Å². The molecule has 202 valence electrons. The highest BCUT2D eigenvalue weighted by Crippen LogP contribution is 2.30. The predicted molar refractivity (Wildman–Crippen MR) is 135 cm³/mol.